The summed E-state index contributed by atoms with van der Waals surface area (Å²) in [6, 6.07) is 4.51. The van der Waals surface area contributed by atoms with E-state index in [0.717, 1.165) is 17.8 Å². The van der Waals surface area contributed by atoms with Gasteiger partial charge in [0, 0.05) is 17.9 Å². The number of aryl methyl sites for hydroxylation is 2. The van der Waals surface area contributed by atoms with E-state index in [9.17, 15) is 0 Å². The molecule has 3 unspecified atom stereocenters. The summed E-state index contributed by atoms with van der Waals surface area (Å²) in [6.07, 6.45) is 6.06. The predicted molar refractivity (Wildman–Crippen MR) is 62.8 cm³/mol. The van der Waals surface area contributed by atoms with Crippen LogP contribution in [-0.2, 0) is 6.54 Å². The molecule has 1 heteroatoms. The molecular weight excluding hydrogens is 182 g/mol. The fraction of sp³-hybridized carbons (Fsp3) is 0.714. The minimum absolute atomic E-state index is 0.980. The van der Waals surface area contributed by atoms with Gasteiger partial charge in [-0.2, -0.15) is 0 Å². The molecule has 0 saturated heterocycles. The number of fused-ring (bicyclic) bond motifs is 2. The fourth-order valence-corrected chi connectivity index (χ4v) is 3.82. The van der Waals surface area contributed by atoms with Gasteiger partial charge in [0.2, 0.25) is 0 Å². The second kappa shape index (κ2) is 3.40. The molecule has 2 bridgehead atoms. The number of aromatic nitrogens is 1. The van der Waals surface area contributed by atoms with E-state index < -0.39 is 0 Å². The van der Waals surface area contributed by atoms with Crippen molar-refractivity contribution in [1.29, 1.82) is 0 Å². The zero-order valence-corrected chi connectivity index (χ0v) is 9.87. The molecule has 3 atom stereocenters. The maximum atomic E-state index is 2.52. The van der Waals surface area contributed by atoms with E-state index in [1.807, 2.05) is 0 Å². The second-order valence-corrected chi connectivity index (χ2v) is 5.66. The molecule has 0 radical (unpaired) electrons. The maximum absolute atomic E-state index is 2.52. The third-order valence-corrected chi connectivity index (χ3v) is 4.72. The maximum Gasteiger partial charge on any atom is 0.0255 e. The van der Waals surface area contributed by atoms with E-state index in [1.54, 1.807) is 0 Å². The molecule has 0 spiro atoms. The van der Waals surface area contributed by atoms with Crippen molar-refractivity contribution < 1.29 is 0 Å². The van der Waals surface area contributed by atoms with Crippen molar-refractivity contribution in [2.24, 2.45) is 17.8 Å². The lowest BCUT2D eigenvalue weighted by molar-refractivity contribution is 0.293. The van der Waals surface area contributed by atoms with E-state index in [4.69, 9.17) is 0 Å². The highest BCUT2D eigenvalue weighted by Gasteiger charge is 2.39. The Labute approximate surface area is 92.5 Å². The zero-order valence-electron chi connectivity index (χ0n) is 9.87. The smallest absolute Gasteiger partial charge is 0.0255 e. The first-order valence-corrected chi connectivity index (χ1v) is 6.37. The number of nitrogens with zero attached hydrogens (tertiary/aromatic N) is 1. The minimum atomic E-state index is 0.980. The monoisotopic (exact) mass is 203 g/mol. The molecular formula is C14H21N. The number of hydrogen-bond acceptors (Lipinski definition) is 0. The second-order valence-electron chi connectivity index (χ2n) is 5.66. The third-order valence-electron chi connectivity index (χ3n) is 4.72. The Bertz CT molecular complexity index is 344. The highest BCUT2D eigenvalue weighted by molar-refractivity contribution is 5.14. The average molecular weight is 203 g/mol. The molecule has 2 aliphatic rings. The van der Waals surface area contributed by atoms with Gasteiger partial charge in [0.05, 0.1) is 0 Å². The highest BCUT2D eigenvalue weighted by atomic mass is 15.0. The molecule has 3 rings (SSSR count). The Morgan fingerprint density at radius 3 is 2.40 bits per heavy atom. The summed E-state index contributed by atoms with van der Waals surface area (Å²) in [5.41, 5.74) is 2.88. The molecule has 1 heterocycles. The van der Waals surface area contributed by atoms with Crippen LogP contribution in [0.4, 0.5) is 0 Å². The topological polar surface area (TPSA) is 4.93 Å². The molecule has 0 aliphatic heterocycles. The number of hydrogen-bond donors (Lipinski definition) is 0. The van der Waals surface area contributed by atoms with E-state index in [-0.39, 0.29) is 0 Å². The van der Waals surface area contributed by atoms with Gasteiger partial charge in [-0.05, 0) is 63.0 Å². The Balaban J connectivity index is 1.76. The van der Waals surface area contributed by atoms with Crippen LogP contribution < -0.4 is 0 Å². The summed E-state index contributed by atoms with van der Waals surface area (Å²) >= 11 is 0. The lowest BCUT2D eigenvalue weighted by Gasteiger charge is -2.23. The van der Waals surface area contributed by atoms with Gasteiger partial charge in [0.15, 0.2) is 0 Å². The largest absolute Gasteiger partial charge is 0.349 e. The number of rotatable bonds is 2. The molecule has 0 N–H and O–H groups in total. The molecule has 2 saturated carbocycles. The molecule has 1 aromatic rings. The SMILES string of the molecule is Cc1ccc(C)n1CC1CC2CCC1C2. The highest BCUT2D eigenvalue weighted by Crippen LogP contribution is 2.48. The van der Waals surface area contributed by atoms with Crippen LogP contribution in [0.1, 0.15) is 37.1 Å². The molecule has 1 nitrogen and oxygen atoms in total. The first-order valence-electron chi connectivity index (χ1n) is 6.37. The van der Waals surface area contributed by atoms with Crippen LogP contribution in [0.2, 0.25) is 0 Å². The first kappa shape index (κ1) is 9.50. The molecule has 15 heavy (non-hydrogen) atoms. The lowest BCUT2D eigenvalue weighted by Crippen LogP contribution is -2.18. The van der Waals surface area contributed by atoms with Gasteiger partial charge in [0.25, 0.3) is 0 Å². The van der Waals surface area contributed by atoms with Crippen LogP contribution in [0.5, 0.6) is 0 Å². The van der Waals surface area contributed by atoms with Crippen LogP contribution in [-0.4, -0.2) is 4.57 Å². The van der Waals surface area contributed by atoms with Gasteiger partial charge in [-0.1, -0.05) is 6.42 Å². The Kier molecular flexibility index (Phi) is 2.15. The van der Waals surface area contributed by atoms with Crippen molar-refractivity contribution in [3.8, 4) is 0 Å². The molecule has 0 aromatic carbocycles. The minimum Gasteiger partial charge on any atom is -0.349 e. The summed E-state index contributed by atoms with van der Waals surface area (Å²) in [4.78, 5) is 0. The van der Waals surface area contributed by atoms with E-state index >= 15 is 0 Å². The molecule has 2 fully saturated rings. The third kappa shape index (κ3) is 1.53. The van der Waals surface area contributed by atoms with Crippen LogP contribution in [0.3, 0.4) is 0 Å². The quantitative estimate of drug-likeness (QED) is 0.693. The van der Waals surface area contributed by atoms with Crippen molar-refractivity contribution in [3.05, 3.63) is 23.5 Å². The van der Waals surface area contributed by atoms with Crippen LogP contribution in [0.25, 0.3) is 0 Å². The molecule has 2 aliphatic carbocycles. The van der Waals surface area contributed by atoms with Gasteiger partial charge in [0.1, 0.15) is 0 Å². The van der Waals surface area contributed by atoms with Crippen molar-refractivity contribution in [2.75, 3.05) is 0 Å². The van der Waals surface area contributed by atoms with Gasteiger partial charge in [-0.15, -0.1) is 0 Å². The molecule has 0 amide bonds. The summed E-state index contributed by atoms with van der Waals surface area (Å²) in [5.74, 6) is 3.11. The first-order chi connectivity index (χ1) is 7.24. The van der Waals surface area contributed by atoms with Crippen molar-refractivity contribution in [2.45, 2.75) is 46.1 Å². The summed E-state index contributed by atoms with van der Waals surface area (Å²) < 4.78 is 2.52. The van der Waals surface area contributed by atoms with Crippen molar-refractivity contribution in [3.63, 3.8) is 0 Å². The Morgan fingerprint density at radius 1 is 1.13 bits per heavy atom. The van der Waals surface area contributed by atoms with Crippen LogP contribution in [0.15, 0.2) is 12.1 Å². The van der Waals surface area contributed by atoms with Gasteiger partial charge in [-0.3, -0.25) is 0 Å². The lowest BCUT2D eigenvalue weighted by atomic mass is 9.89. The normalized spacial score (nSPS) is 33.9. The Hall–Kier alpha value is -0.720. The van der Waals surface area contributed by atoms with E-state index in [2.05, 4.69) is 30.5 Å². The summed E-state index contributed by atoms with van der Waals surface area (Å²) in [7, 11) is 0. The van der Waals surface area contributed by atoms with Crippen LogP contribution >= 0.6 is 0 Å². The standard InChI is InChI=1S/C14H21N/c1-10-3-4-11(2)15(10)9-14-8-12-5-6-13(14)7-12/h3-4,12-14H,5-9H2,1-2H3. The van der Waals surface area contributed by atoms with Gasteiger partial charge < -0.3 is 4.57 Å². The van der Waals surface area contributed by atoms with Crippen molar-refractivity contribution in [1.82, 2.24) is 4.57 Å². The van der Waals surface area contributed by atoms with E-state index in [1.165, 1.54) is 43.6 Å². The van der Waals surface area contributed by atoms with Crippen molar-refractivity contribution >= 4 is 0 Å². The zero-order chi connectivity index (χ0) is 10.4. The summed E-state index contributed by atoms with van der Waals surface area (Å²) in [6.45, 7) is 5.76. The fourth-order valence-electron chi connectivity index (χ4n) is 3.82. The molecule has 1 aromatic heterocycles. The predicted octanol–water partition coefficient (Wildman–Crippen LogP) is 3.54. The van der Waals surface area contributed by atoms with E-state index in [0.29, 0.717) is 0 Å². The van der Waals surface area contributed by atoms with Gasteiger partial charge >= 0.3 is 0 Å². The Morgan fingerprint density at radius 2 is 1.87 bits per heavy atom. The van der Waals surface area contributed by atoms with Gasteiger partial charge in [-0.25, -0.2) is 0 Å². The molecule has 82 valence electrons. The van der Waals surface area contributed by atoms with Crippen LogP contribution in [0, 0.1) is 31.6 Å². The summed E-state index contributed by atoms with van der Waals surface area (Å²) in [5, 5.41) is 0. The average Bonchev–Trinajstić information content (AvgIpc) is 2.89.